The van der Waals surface area contributed by atoms with Crippen LogP contribution in [-0.4, -0.2) is 51.6 Å². The van der Waals surface area contributed by atoms with Crippen molar-refractivity contribution in [1.82, 2.24) is 20.1 Å². The molecule has 3 heterocycles. The molecule has 0 atom stereocenters. The molecule has 2 aromatic heterocycles. The number of hydrogen-bond acceptors (Lipinski definition) is 6. The summed E-state index contributed by atoms with van der Waals surface area (Å²) in [4.78, 5) is 16.2. The molecule has 0 saturated carbocycles. The fourth-order valence-corrected chi connectivity index (χ4v) is 3.22. The van der Waals surface area contributed by atoms with E-state index in [2.05, 4.69) is 15.2 Å². The van der Waals surface area contributed by atoms with Gasteiger partial charge < -0.3 is 19.0 Å². The monoisotopic (exact) mass is 330 g/mol. The van der Waals surface area contributed by atoms with E-state index in [1.54, 1.807) is 4.90 Å². The molecular weight excluding hydrogens is 316 g/mol. The smallest absolute Gasteiger partial charge is 0.409 e. The molecule has 0 bridgehead atoms. The van der Waals surface area contributed by atoms with Crippen molar-refractivity contribution in [3.63, 3.8) is 0 Å². The highest BCUT2D eigenvalue weighted by Gasteiger charge is 2.21. The van der Waals surface area contributed by atoms with E-state index in [0.29, 0.717) is 36.6 Å². The third-order valence-corrected chi connectivity index (χ3v) is 4.46. The maximum atomic E-state index is 11.3. The molecule has 1 saturated heterocycles. The molecule has 1 aliphatic rings. The number of rotatable bonds is 5. The van der Waals surface area contributed by atoms with Gasteiger partial charge in [-0.2, -0.15) is 0 Å². The van der Waals surface area contributed by atoms with Gasteiger partial charge >= 0.3 is 6.09 Å². The van der Waals surface area contributed by atoms with Crippen LogP contribution in [-0.2, 0) is 4.74 Å². The Morgan fingerprint density at radius 1 is 1.30 bits per heavy atom. The van der Waals surface area contributed by atoms with E-state index in [1.165, 1.54) is 11.8 Å². The number of ether oxygens (including phenoxy) is 1. The van der Waals surface area contributed by atoms with Crippen molar-refractivity contribution in [3.8, 4) is 11.5 Å². The standard InChI is InChI=1S/C15H14N4O3S/c20-15-19(5-7-21-15)6-8-23-14-18-17-13(22-14)11-9-16-12-4-2-1-3-10(11)12/h1-4,9,16H,5-8H2. The summed E-state index contributed by atoms with van der Waals surface area (Å²) in [7, 11) is 0. The highest BCUT2D eigenvalue weighted by molar-refractivity contribution is 7.99. The number of H-pyrrole nitrogens is 1. The summed E-state index contributed by atoms with van der Waals surface area (Å²) in [5, 5.41) is 9.72. The highest BCUT2D eigenvalue weighted by Crippen LogP contribution is 2.29. The fraction of sp³-hybridized carbons (Fsp3) is 0.267. The number of nitrogens with zero attached hydrogens (tertiary/aromatic N) is 3. The van der Waals surface area contributed by atoms with E-state index in [-0.39, 0.29) is 6.09 Å². The number of hydrogen-bond donors (Lipinski definition) is 1. The van der Waals surface area contributed by atoms with Gasteiger partial charge in [0.05, 0.1) is 12.1 Å². The van der Waals surface area contributed by atoms with Gasteiger partial charge in [-0.3, -0.25) is 0 Å². The Kier molecular flexibility index (Phi) is 3.66. The van der Waals surface area contributed by atoms with Crippen LogP contribution in [0.4, 0.5) is 4.79 Å². The van der Waals surface area contributed by atoms with Gasteiger partial charge in [0.1, 0.15) is 6.61 Å². The maximum Gasteiger partial charge on any atom is 0.409 e. The number of nitrogens with one attached hydrogen (secondary N) is 1. The third-order valence-electron chi connectivity index (χ3n) is 3.66. The topological polar surface area (TPSA) is 84.2 Å². The molecule has 1 aromatic carbocycles. The Bertz CT molecular complexity index is 844. The van der Waals surface area contributed by atoms with Gasteiger partial charge in [0, 0.05) is 29.4 Å². The molecular formula is C15H14N4O3S. The van der Waals surface area contributed by atoms with Crippen molar-refractivity contribution in [2.45, 2.75) is 5.22 Å². The summed E-state index contributed by atoms with van der Waals surface area (Å²) in [6, 6.07) is 7.96. The first-order valence-corrected chi connectivity index (χ1v) is 8.24. The van der Waals surface area contributed by atoms with Crippen LogP contribution in [0, 0.1) is 0 Å². The van der Waals surface area contributed by atoms with Crippen LogP contribution in [0.1, 0.15) is 0 Å². The zero-order valence-electron chi connectivity index (χ0n) is 12.2. The Balaban J connectivity index is 1.43. The number of amides is 1. The first-order valence-electron chi connectivity index (χ1n) is 7.26. The lowest BCUT2D eigenvalue weighted by atomic mass is 10.2. The van der Waals surface area contributed by atoms with E-state index in [1.807, 2.05) is 30.5 Å². The summed E-state index contributed by atoms with van der Waals surface area (Å²) in [6.45, 7) is 1.72. The van der Waals surface area contributed by atoms with Gasteiger partial charge in [0.15, 0.2) is 0 Å². The molecule has 118 valence electrons. The van der Waals surface area contributed by atoms with Crippen LogP contribution in [0.5, 0.6) is 0 Å². The van der Waals surface area contributed by atoms with Crippen molar-refractivity contribution in [1.29, 1.82) is 0 Å². The first-order chi connectivity index (χ1) is 11.3. The van der Waals surface area contributed by atoms with Crippen molar-refractivity contribution >= 4 is 28.8 Å². The summed E-state index contributed by atoms with van der Waals surface area (Å²) in [5.41, 5.74) is 1.92. The minimum absolute atomic E-state index is 0.254. The number of aromatic nitrogens is 3. The molecule has 1 N–H and O–H groups in total. The predicted octanol–water partition coefficient (Wildman–Crippen LogP) is 2.76. The second-order valence-corrected chi connectivity index (χ2v) is 6.12. The summed E-state index contributed by atoms with van der Waals surface area (Å²) >= 11 is 1.43. The number of aromatic amines is 1. The number of carbonyl (C=O) groups excluding carboxylic acids is 1. The number of fused-ring (bicyclic) bond motifs is 1. The van der Waals surface area contributed by atoms with Gasteiger partial charge in [-0.15, -0.1) is 10.2 Å². The van der Waals surface area contributed by atoms with Crippen molar-refractivity contribution in [3.05, 3.63) is 30.5 Å². The van der Waals surface area contributed by atoms with Crippen LogP contribution in [0.3, 0.4) is 0 Å². The fourth-order valence-electron chi connectivity index (χ4n) is 2.50. The molecule has 7 nitrogen and oxygen atoms in total. The number of carbonyl (C=O) groups is 1. The van der Waals surface area contributed by atoms with E-state index in [9.17, 15) is 4.79 Å². The molecule has 0 unspecified atom stereocenters. The molecule has 3 aromatic rings. The van der Waals surface area contributed by atoms with Gasteiger partial charge in [0.25, 0.3) is 11.1 Å². The molecule has 1 amide bonds. The van der Waals surface area contributed by atoms with E-state index < -0.39 is 0 Å². The van der Waals surface area contributed by atoms with Crippen molar-refractivity contribution in [2.75, 3.05) is 25.4 Å². The van der Waals surface area contributed by atoms with Crippen LogP contribution >= 0.6 is 11.8 Å². The summed E-state index contributed by atoms with van der Waals surface area (Å²) in [5.74, 6) is 1.18. The molecule has 0 spiro atoms. The van der Waals surface area contributed by atoms with Crippen LogP contribution in [0.2, 0.25) is 0 Å². The number of cyclic esters (lactones) is 1. The minimum atomic E-state index is -0.254. The number of para-hydroxylation sites is 1. The molecule has 4 rings (SSSR count). The quantitative estimate of drug-likeness (QED) is 0.724. The maximum absolute atomic E-state index is 11.3. The third kappa shape index (κ3) is 2.77. The molecule has 0 radical (unpaired) electrons. The van der Waals surface area contributed by atoms with Gasteiger partial charge in [-0.05, 0) is 6.07 Å². The second kappa shape index (κ2) is 5.96. The SMILES string of the molecule is O=C1OCCN1CCSc1nnc(-c2c[nH]c3ccccc23)o1. The predicted molar refractivity (Wildman–Crippen MR) is 85.2 cm³/mol. The minimum Gasteiger partial charge on any atom is -0.448 e. The Labute approximate surface area is 136 Å². The second-order valence-electron chi connectivity index (χ2n) is 5.07. The lowest BCUT2D eigenvalue weighted by Gasteiger charge is -2.10. The van der Waals surface area contributed by atoms with Gasteiger partial charge in [0.2, 0.25) is 0 Å². The van der Waals surface area contributed by atoms with Crippen molar-refractivity contribution in [2.24, 2.45) is 0 Å². The lowest BCUT2D eigenvalue weighted by Crippen LogP contribution is -2.26. The van der Waals surface area contributed by atoms with Crippen LogP contribution in [0.15, 0.2) is 40.1 Å². The van der Waals surface area contributed by atoms with E-state index in [4.69, 9.17) is 9.15 Å². The first kappa shape index (κ1) is 14.1. The average Bonchev–Trinajstić information content (AvgIpc) is 3.27. The average molecular weight is 330 g/mol. The Morgan fingerprint density at radius 3 is 3.09 bits per heavy atom. The van der Waals surface area contributed by atoms with E-state index in [0.717, 1.165) is 16.5 Å². The summed E-state index contributed by atoms with van der Waals surface area (Å²) < 4.78 is 10.6. The van der Waals surface area contributed by atoms with Crippen LogP contribution in [0.25, 0.3) is 22.4 Å². The zero-order chi connectivity index (χ0) is 15.6. The number of thioether (sulfide) groups is 1. The Morgan fingerprint density at radius 2 is 2.22 bits per heavy atom. The molecule has 0 aliphatic carbocycles. The Hall–Kier alpha value is -2.48. The molecule has 1 aliphatic heterocycles. The molecule has 8 heteroatoms. The van der Waals surface area contributed by atoms with Crippen LogP contribution < -0.4 is 0 Å². The summed E-state index contributed by atoms with van der Waals surface area (Å²) in [6.07, 6.45) is 1.61. The normalized spacial score (nSPS) is 14.6. The molecule has 1 fully saturated rings. The number of benzene rings is 1. The van der Waals surface area contributed by atoms with Gasteiger partial charge in [-0.1, -0.05) is 30.0 Å². The lowest BCUT2D eigenvalue weighted by molar-refractivity contribution is 0.160. The zero-order valence-corrected chi connectivity index (χ0v) is 13.0. The van der Waals surface area contributed by atoms with Crippen molar-refractivity contribution < 1.29 is 13.9 Å². The molecule has 23 heavy (non-hydrogen) atoms. The largest absolute Gasteiger partial charge is 0.448 e. The highest BCUT2D eigenvalue weighted by atomic mass is 32.2. The van der Waals surface area contributed by atoms with E-state index >= 15 is 0 Å². The van der Waals surface area contributed by atoms with Gasteiger partial charge in [-0.25, -0.2) is 4.79 Å².